The number of morpholine rings is 1. The van der Waals surface area contributed by atoms with E-state index < -0.39 is 15.7 Å². The summed E-state index contributed by atoms with van der Waals surface area (Å²) in [5.41, 5.74) is 4.94. The molecule has 0 spiro atoms. The van der Waals surface area contributed by atoms with E-state index in [0.717, 1.165) is 0 Å². The van der Waals surface area contributed by atoms with E-state index in [1.807, 2.05) is 11.8 Å². The molecule has 0 aliphatic carbocycles. The van der Waals surface area contributed by atoms with Gasteiger partial charge in [-0.15, -0.1) is 0 Å². The Labute approximate surface area is 113 Å². The van der Waals surface area contributed by atoms with E-state index in [4.69, 9.17) is 15.6 Å². The molecule has 0 aromatic rings. The zero-order chi connectivity index (χ0) is 14.5. The molecule has 3 N–H and O–H groups in total. The predicted octanol–water partition coefficient (Wildman–Crippen LogP) is -1.64. The first kappa shape index (κ1) is 16.4. The van der Waals surface area contributed by atoms with Crippen molar-refractivity contribution in [3.63, 3.8) is 0 Å². The van der Waals surface area contributed by atoms with Crippen LogP contribution in [0.2, 0.25) is 0 Å². The summed E-state index contributed by atoms with van der Waals surface area (Å²) in [6.07, 6.45) is -0.398. The van der Waals surface area contributed by atoms with Crippen molar-refractivity contribution < 1.29 is 23.1 Å². The van der Waals surface area contributed by atoms with Gasteiger partial charge in [0.15, 0.2) is 9.84 Å². The van der Waals surface area contributed by atoms with Gasteiger partial charge in [-0.25, -0.2) is 8.42 Å². The summed E-state index contributed by atoms with van der Waals surface area (Å²) in [7, 11) is -3.27. The minimum Gasteiger partial charge on any atom is -0.394 e. The molecule has 112 valence electrons. The van der Waals surface area contributed by atoms with Gasteiger partial charge in [-0.2, -0.15) is 0 Å². The molecule has 1 rings (SSSR count). The lowest BCUT2D eigenvalue weighted by Crippen LogP contribution is -2.50. The molecule has 0 bridgehead atoms. The Balaban J connectivity index is 2.43. The molecule has 1 aliphatic heterocycles. The van der Waals surface area contributed by atoms with E-state index in [1.165, 1.54) is 0 Å². The average molecular weight is 294 g/mol. The smallest absolute Gasteiger partial charge is 0.218 e. The molecule has 19 heavy (non-hydrogen) atoms. The summed E-state index contributed by atoms with van der Waals surface area (Å²) in [4.78, 5) is 12.6. The Kier molecular flexibility index (Phi) is 6.18. The SMILES string of the molecule is CC1COC(CO)CN1CCS(=O)(=O)CCC(N)=O. The minimum atomic E-state index is -3.27. The summed E-state index contributed by atoms with van der Waals surface area (Å²) in [6, 6.07) is 0.120. The van der Waals surface area contributed by atoms with Crippen LogP contribution in [0.5, 0.6) is 0 Å². The first-order valence-corrected chi connectivity index (χ1v) is 8.11. The first-order chi connectivity index (χ1) is 8.84. The predicted molar refractivity (Wildman–Crippen MR) is 70.3 cm³/mol. The summed E-state index contributed by atoms with van der Waals surface area (Å²) < 4.78 is 28.8. The maximum atomic E-state index is 11.7. The van der Waals surface area contributed by atoms with Crippen LogP contribution in [0.25, 0.3) is 0 Å². The number of nitrogens with two attached hydrogens (primary N) is 1. The molecule has 0 radical (unpaired) electrons. The van der Waals surface area contributed by atoms with Crippen LogP contribution in [0.4, 0.5) is 0 Å². The fraction of sp³-hybridized carbons (Fsp3) is 0.909. The van der Waals surface area contributed by atoms with Crippen LogP contribution in [-0.4, -0.2) is 74.3 Å². The van der Waals surface area contributed by atoms with E-state index in [2.05, 4.69) is 0 Å². The van der Waals surface area contributed by atoms with E-state index in [1.54, 1.807) is 0 Å². The highest BCUT2D eigenvalue weighted by Crippen LogP contribution is 2.11. The molecule has 1 aliphatic rings. The fourth-order valence-electron chi connectivity index (χ4n) is 1.91. The Morgan fingerprint density at radius 1 is 1.47 bits per heavy atom. The van der Waals surface area contributed by atoms with Gasteiger partial charge in [0.2, 0.25) is 5.91 Å². The van der Waals surface area contributed by atoms with Crippen LogP contribution < -0.4 is 5.73 Å². The van der Waals surface area contributed by atoms with Crippen molar-refractivity contribution in [3.05, 3.63) is 0 Å². The summed E-state index contributed by atoms with van der Waals surface area (Å²) >= 11 is 0. The van der Waals surface area contributed by atoms with Gasteiger partial charge in [0.1, 0.15) is 0 Å². The quantitative estimate of drug-likeness (QED) is 0.582. The molecular weight excluding hydrogens is 272 g/mol. The van der Waals surface area contributed by atoms with E-state index in [9.17, 15) is 13.2 Å². The molecule has 1 amide bonds. The molecule has 0 saturated carbocycles. The highest BCUT2D eigenvalue weighted by molar-refractivity contribution is 7.91. The van der Waals surface area contributed by atoms with Gasteiger partial charge in [-0.1, -0.05) is 0 Å². The van der Waals surface area contributed by atoms with E-state index in [-0.39, 0.29) is 36.7 Å². The van der Waals surface area contributed by atoms with Crippen LogP contribution in [0.15, 0.2) is 0 Å². The number of amides is 1. The zero-order valence-electron chi connectivity index (χ0n) is 11.1. The number of sulfone groups is 1. The molecular formula is C11H22N2O5S. The third-order valence-electron chi connectivity index (χ3n) is 3.19. The Morgan fingerprint density at radius 2 is 2.16 bits per heavy atom. The highest BCUT2D eigenvalue weighted by atomic mass is 32.2. The first-order valence-electron chi connectivity index (χ1n) is 6.29. The van der Waals surface area contributed by atoms with Crippen molar-refractivity contribution in [3.8, 4) is 0 Å². The number of primary amides is 1. The number of nitrogens with zero attached hydrogens (tertiary/aromatic N) is 1. The second kappa shape index (κ2) is 7.18. The molecule has 8 heteroatoms. The van der Waals surface area contributed by atoms with Gasteiger partial charge in [0, 0.05) is 25.6 Å². The lowest BCUT2D eigenvalue weighted by Gasteiger charge is -2.37. The van der Waals surface area contributed by atoms with Gasteiger partial charge in [0.05, 0.1) is 30.8 Å². The second-order valence-corrected chi connectivity index (χ2v) is 7.15. The van der Waals surface area contributed by atoms with Crippen LogP contribution in [-0.2, 0) is 19.4 Å². The standard InChI is InChI=1S/C11H22N2O5S/c1-9-8-18-10(7-14)6-13(9)3-5-19(16,17)4-2-11(12)15/h9-10,14H,2-8H2,1H3,(H2,12,15). The highest BCUT2D eigenvalue weighted by Gasteiger charge is 2.26. The van der Waals surface area contributed by atoms with Gasteiger partial charge < -0.3 is 15.6 Å². The molecule has 1 saturated heterocycles. The molecule has 2 atom stereocenters. The van der Waals surface area contributed by atoms with Gasteiger partial charge in [0.25, 0.3) is 0 Å². The molecule has 2 unspecified atom stereocenters. The van der Waals surface area contributed by atoms with Crippen molar-refractivity contribution in [2.24, 2.45) is 5.73 Å². The van der Waals surface area contributed by atoms with Crippen LogP contribution in [0, 0.1) is 0 Å². The van der Waals surface area contributed by atoms with E-state index in [0.29, 0.717) is 19.7 Å². The van der Waals surface area contributed by atoms with Crippen molar-refractivity contribution in [1.29, 1.82) is 0 Å². The maximum Gasteiger partial charge on any atom is 0.218 e. The number of hydrogen-bond acceptors (Lipinski definition) is 6. The lowest BCUT2D eigenvalue weighted by atomic mass is 10.2. The summed E-state index contributed by atoms with van der Waals surface area (Å²) in [6.45, 7) is 3.25. The van der Waals surface area contributed by atoms with Gasteiger partial charge in [-0.3, -0.25) is 9.69 Å². The van der Waals surface area contributed by atoms with Gasteiger partial charge >= 0.3 is 0 Å². The third kappa shape index (κ3) is 5.85. The summed E-state index contributed by atoms with van der Waals surface area (Å²) in [5.74, 6) is -0.823. The molecule has 1 fully saturated rings. The van der Waals surface area contributed by atoms with Crippen LogP contribution >= 0.6 is 0 Å². The van der Waals surface area contributed by atoms with Crippen LogP contribution in [0.1, 0.15) is 13.3 Å². The van der Waals surface area contributed by atoms with Gasteiger partial charge in [-0.05, 0) is 6.92 Å². The van der Waals surface area contributed by atoms with Crippen LogP contribution in [0.3, 0.4) is 0 Å². The molecule has 7 nitrogen and oxygen atoms in total. The van der Waals surface area contributed by atoms with E-state index >= 15 is 0 Å². The van der Waals surface area contributed by atoms with Crippen molar-refractivity contribution in [2.75, 3.05) is 37.8 Å². The monoisotopic (exact) mass is 294 g/mol. The molecule has 0 aromatic heterocycles. The largest absolute Gasteiger partial charge is 0.394 e. The Morgan fingerprint density at radius 3 is 2.74 bits per heavy atom. The number of hydrogen-bond donors (Lipinski definition) is 2. The summed E-state index contributed by atoms with van der Waals surface area (Å²) in [5, 5.41) is 9.05. The zero-order valence-corrected chi connectivity index (χ0v) is 11.9. The Bertz CT molecular complexity index is 398. The normalized spacial score (nSPS) is 25.4. The van der Waals surface area contributed by atoms with Crippen molar-refractivity contribution in [1.82, 2.24) is 4.90 Å². The third-order valence-corrected chi connectivity index (χ3v) is 4.82. The fourth-order valence-corrected chi connectivity index (χ4v) is 3.14. The molecule has 1 heterocycles. The average Bonchev–Trinajstić information content (AvgIpc) is 2.36. The number of aliphatic hydroxyl groups is 1. The number of carbonyl (C=O) groups is 1. The number of rotatable bonds is 7. The number of aliphatic hydroxyl groups excluding tert-OH is 1. The Hall–Kier alpha value is -0.700. The molecule has 0 aromatic carbocycles. The topological polar surface area (TPSA) is 110 Å². The number of ether oxygens (including phenoxy) is 1. The van der Waals surface area contributed by atoms with Crippen molar-refractivity contribution >= 4 is 15.7 Å². The minimum absolute atomic E-state index is 0.0111. The van der Waals surface area contributed by atoms with Crippen molar-refractivity contribution in [2.45, 2.75) is 25.5 Å². The lowest BCUT2D eigenvalue weighted by molar-refractivity contribution is -0.117. The maximum absolute atomic E-state index is 11.7. The second-order valence-electron chi connectivity index (χ2n) is 4.85. The number of carbonyl (C=O) groups excluding carboxylic acids is 1.